The van der Waals surface area contributed by atoms with Crippen LogP contribution in [-0.4, -0.2) is 144 Å². The lowest BCUT2D eigenvalue weighted by atomic mass is 10.1. The van der Waals surface area contributed by atoms with Crippen LogP contribution in [0.4, 0.5) is 22.7 Å². The Labute approximate surface area is 499 Å². The number of nitrogens with two attached hydrogens (primary N) is 5. The number of carbonyl (C=O) groups excluding carboxylic acids is 8. The molecule has 0 radical (unpaired) electrons. The summed E-state index contributed by atoms with van der Waals surface area (Å²) >= 11 is 0. The molecule has 0 saturated heterocycles. The van der Waals surface area contributed by atoms with Gasteiger partial charge >= 0.3 is 5.97 Å². The third kappa shape index (κ3) is 21.9. The molecule has 86 heavy (non-hydrogen) atoms. The number of ether oxygens (including phenoxy) is 4. The van der Waals surface area contributed by atoms with Gasteiger partial charge in [-0.05, 0) is 170 Å². The standard InChI is InChI=1S/C59H83N13O14/c1-83-47-22-19-36(30-39(47)52(75)65-34-51(73)74)67-57(80)44(15-7-11-27-61)71-54(77)41-32-38(21-24-49(41)85-3)69-59(82)46(17-9-13-29-63)72-55(78)42-33-37(20-25-50(42)86-4)68-58(81)45(16-8-12-28-62)70-53(76)40-31-35(18-23-48(40)84-2)66-56(79)43(64)14-6-5-10-26-60/h18-25,30-33,43-46H,5-17,26-29,34,60-64H2,1-4H3,(H,65,75)(H,66,79)(H,67,80)(H,68,81)(H,69,82)(H,70,76)(H,71,77)(H,72,78)(H,73,74)/t43-,44-,45-,46-/m0/s1. The van der Waals surface area contributed by atoms with E-state index in [1.807, 2.05) is 0 Å². The minimum atomic E-state index is -1.27. The number of methoxy groups -OCH3 is 4. The first-order valence-corrected chi connectivity index (χ1v) is 28.3. The second-order valence-corrected chi connectivity index (χ2v) is 19.9. The van der Waals surface area contributed by atoms with Crippen LogP contribution in [0.25, 0.3) is 0 Å². The lowest BCUT2D eigenvalue weighted by molar-refractivity contribution is -0.135. The largest absolute Gasteiger partial charge is 0.496 e. The number of hydrogen-bond acceptors (Lipinski definition) is 18. The van der Waals surface area contributed by atoms with Gasteiger partial charge in [0.15, 0.2) is 0 Å². The van der Waals surface area contributed by atoms with Gasteiger partial charge in [-0.1, -0.05) is 12.8 Å². The highest BCUT2D eigenvalue weighted by molar-refractivity contribution is 6.08. The van der Waals surface area contributed by atoms with Crippen molar-refractivity contribution in [2.45, 2.75) is 108 Å². The van der Waals surface area contributed by atoms with E-state index in [2.05, 4.69) is 42.5 Å². The van der Waals surface area contributed by atoms with E-state index in [1.165, 1.54) is 95.2 Å². The number of carboxylic acid groups (broad SMARTS) is 1. The van der Waals surface area contributed by atoms with Crippen molar-refractivity contribution in [1.82, 2.24) is 21.3 Å². The normalized spacial score (nSPS) is 12.2. The molecule has 0 bridgehead atoms. The van der Waals surface area contributed by atoms with E-state index in [4.69, 9.17) is 52.7 Å². The SMILES string of the molecule is COc1ccc(NC(=O)[C@H](CCCCN)NC(=O)c2cc(NC(=O)[C@H](CCCCN)NC(=O)c3cc(NC(=O)[C@H](CCCCN)NC(=O)c4cc(NC(=O)[C@@H](N)CCCCCN)ccc4OC)ccc3OC)ccc2OC)cc1C(=O)NCC(=O)O. The van der Waals surface area contributed by atoms with Crippen LogP contribution in [0.15, 0.2) is 72.8 Å². The van der Waals surface area contributed by atoms with Gasteiger partial charge in [0.2, 0.25) is 23.6 Å². The molecule has 0 heterocycles. The van der Waals surface area contributed by atoms with Gasteiger partial charge < -0.3 is 95.3 Å². The molecule has 0 spiro atoms. The fourth-order valence-electron chi connectivity index (χ4n) is 8.84. The predicted octanol–water partition coefficient (Wildman–Crippen LogP) is 2.92. The van der Waals surface area contributed by atoms with Gasteiger partial charge in [-0.3, -0.25) is 43.2 Å². The van der Waals surface area contributed by atoms with E-state index >= 15 is 0 Å². The Morgan fingerprint density at radius 2 is 0.674 bits per heavy atom. The van der Waals surface area contributed by atoms with Crippen molar-refractivity contribution in [3.63, 3.8) is 0 Å². The van der Waals surface area contributed by atoms with Crippen molar-refractivity contribution in [1.29, 1.82) is 0 Å². The van der Waals surface area contributed by atoms with Gasteiger partial charge in [0.25, 0.3) is 23.6 Å². The molecule has 4 rings (SSSR count). The number of carbonyl (C=O) groups is 9. The van der Waals surface area contributed by atoms with Gasteiger partial charge in [0, 0.05) is 22.7 Å². The van der Waals surface area contributed by atoms with Crippen LogP contribution in [0.5, 0.6) is 23.0 Å². The number of unbranched alkanes of at least 4 members (excludes halogenated alkanes) is 5. The van der Waals surface area contributed by atoms with Crippen molar-refractivity contribution in [3.05, 3.63) is 95.1 Å². The summed E-state index contributed by atoms with van der Waals surface area (Å²) in [6.07, 6.45) is 6.06. The lowest BCUT2D eigenvalue weighted by Crippen LogP contribution is -2.44. The summed E-state index contributed by atoms with van der Waals surface area (Å²) in [7, 11) is 5.36. The summed E-state index contributed by atoms with van der Waals surface area (Å²) in [5.74, 6) is -6.20. The highest BCUT2D eigenvalue weighted by Gasteiger charge is 2.29. The number of hydrogen-bond donors (Lipinski definition) is 14. The van der Waals surface area contributed by atoms with Crippen LogP contribution in [0.1, 0.15) is 125 Å². The fraction of sp³-hybridized carbons (Fsp3) is 0.441. The maximum absolute atomic E-state index is 14.3. The minimum absolute atomic E-state index is 0.0284. The Morgan fingerprint density at radius 1 is 0.395 bits per heavy atom. The quantitative estimate of drug-likeness (QED) is 0.0287. The Morgan fingerprint density at radius 3 is 0.965 bits per heavy atom. The van der Waals surface area contributed by atoms with Crippen LogP contribution >= 0.6 is 0 Å². The molecule has 27 nitrogen and oxygen atoms in total. The molecule has 8 amide bonds. The van der Waals surface area contributed by atoms with E-state index < -0.39 is 83.9 Å². The molecule has 4 aromatic carbocycles. The zero-order chi connectivity index (χ0) is 63.1. The molecule has 4 atom stereocenters. The van der Waals surface area contributed by atoms with Crippen molar-refractivity contribution in [2.24, 2.45) is 28.7 Å². The molecular formula is C59H83N13O14. The van der Waals surface area contributed by atoms with Crippen molar-refractivity contribution < 1.29 is 67.2 Å². The average molecular weight is 1200 g/mol. The van der Waals surface area contributed by atoms with Crippen LogP contribution in [0.2, 0.25) is 0 Å². The van der Waals surface area contributed by atoms with Gasteiger partial charge in [-0.15, -0.1) is 0 Å². The summed E-state index contributed by atoms with van der Waals surface area (Å²) in [4.78, 5) is 121. The summed E-state index contributed by atoms with van der Waals surface area (Å²) in [6, 6.07) is 12.9. The summed E-state index contributed by atoms with van der Waals surface area (Å²) in [5, 5.41) is 30.6. The van der Waals surface area contributed by atoms with Crippen LogP contribution in [0, 0.1) is 0 Å². The van der Waals surface area contributed by atoms with Crippen molar-refractivity contribution in [3.8, 4) is 23.0 Å². The van der Waals surface area contributed by atoms with E-state index in [0.29, 0.717) is 77.5 Å². The van der Waals surface area contributed by atoms with Gasteiger partial charge in [-0.25, -0.2) is 0 Å². The van der Waals surface area contributed by atoms with Crippen LogP contribution < -0.4 is 90.2 Å². The summed E-state index contributed by atoms with van der Waals surface area (Å²) in [5.41, 5.74) is 29.6. The first-order valence-electron chi connectivity index (χ1n) is 28.3. The number of aliphatic carboxylic acids is 1. The van der Waals surface area contributed by atoms with Gasteiger partial charge in [0.05, 0.1) is 56.7 Å². The number of rotatable bonds is 38. The lowest BCUT2D eigenvalue weighted by Gasteiger charge is -2.22. The molecule has 0 aliphatic rings. The van der Waals surface area contributed by atoms with Crippen molar-refractivity contribution in [2.75, 3.05) is 82.4 Å². The molecule has 0 fully saturated rings. The molecule has 0 saturated carbocycles. The third-order valence-corrected chi connectivity index (χ3v) is 13.5. The first-order chi connectivity index (χ1) is 41.3. The Hall–Kier alpha value is -8.89. The monoisotopic (exact) mass is 1200 g/mol. The smallest absolute Gasteiger partial charge is 0.322 e. The van der Waals surface area contributed by atoms with Crippen LogP contribution in [0.3, 0.4) is 0 Å². The molecule has 0 unspecified atom stereocenters. The molecule has 0 aliphatic heterocycles. The molecule has 27 heteroatoms. The summed E-state index contributed by atoms with van der Waals surface area (Å²) in [6.45, 7) is 0.810. The number of amides is 8. The summed E-state index contributed by atoms with van der Waals surface area (Å²) < 4.78 is 21.8. The zero-order valence-electron chi connectivity index (χ0n) is 49.1. The van der Waals surface area contributed by atoms with Gasteiger partial charge in [-0.2, -0.15) is 0 Å². The molecular weight excluding hydrogens is 1110 g/mol. The van der Waals surface area contributed by atoms with E-state index in [0.717, 1.165) is 12.8 Å². The average Bonchev–Trinajstić information content (AvgIpc) is 3.12. The maximum Gasteiger partial charge on any atom is 0.322 e. The maximum atomic E-state index is 14.3. The number of carboxylic acids is 1. The Balaban J connectivity index is 1.55. The van der Waals surface area contributed by atoms with Crippen LogP contribution in [-0.2, 0) is 24.0 Å². The van der Waals surface area contributed by atoms with E-state index in [1.54, 1.807) is 6.07 Å². The third-order valence-electron chi connectivity index (χ3n) is 13.5. The Bertz CT molecular complexity index is 2960. The second kappa shape index (κ2) is 36.7. The van der Waals surface area contributed by atoms with E-state index in [9.17, 15) is 43.2 Å². The fourth-order valence-corrected chi connectivity index (χ4v) is 8.84. The highest BCUT2D eigenvalue weighted by atomic mass is 16.5. The first kappa shape index (κ1) is 69.6. The predicted molar refractivity (Wildman–Crippen MR) is 324 cm³/mol. The highest BCUT2D eigenvalue weighted by Crippen LogP contribution is 2.28. The molecule has 0 aliphatic carbocycles. The van der Waals surface area contributed by atoms with Gasteiger partial charge in [0.1, 0.15) is 47.7 Å². The molecule has 468 valence electrons. The second-order valence-electron chi connectivity index (χ2n) is 19.9. The number of benzene rings is 4. The van der Waals surface area contributed by atoms with E-state index in [-0.39, 0.29) is 87.3 Å². The molecule has 19 N–H and O–H groups in total. The Kier molecular flexibility index (Phi) is 29.7. The molecule has 4 aromatic rings. The zero-order valence-corrected chi connectivity index (χ0v) is 49.1. The topological polar surface area (TPSA) is 437 Å². The number of anilines is 4. The number of nitrogens with one attached hydrogen (secondary N) is 8. The van der Waals surface area contributed by atoms with Crippen molar-refractivity contribution >= 4 is 76.0 Å². The molecule has 0 aromatic heterocycles. The minimum Gasteiger partial charge on any atom is -0.496 e.